The topological polar surface area (TPSA) is 59.1 Å². The summed E-state index contributed by atoms with van der Waals surface area (Å²) in [5.74, 6) is 0. The second-order valence-corrected chi connectivity index (χ2v) is 9.27. The van der Waals surface area contributed by atoms with Crippen LogP contribution in [0, 0.1) is 20.8 Å². The highest BCUT2D eigenvalue weighted by Gasteiger charge is 2.21. The van der Waals surface area contributed by atoms with E-state index in [1.54, 1.807) is 0 Å². The van der Waals surface area contributed by atoms with Crippen molar-refractivity contribution in [1.82, 2.24) is 4.98 Å². The molecule has 0 radical (unpaired) electrons. The summed E-state index contributed by atoms with van der Waals surface area (Å²) in [4.78, 5) is 4.73. The molecule has 0 amide bonds. The lowest BCUT2D eigenvalue weighted by molar-refractivity contribution is 0.600. The summed E-state index contributed by atoms with van der Waals surface area (Å²) >= 11 is 4.67. The minimum atomic E-state index is -3.68. The van der Waals surface area contributed by atoms with Gasteiger partial charge >= 0.3 is 0 Å². The molecule has 1 aromatic heterocycles. The maximum atomic E-state index is 12.8. The molecule has 0 aliphatic heterocycles. The summed E-state index contributed by atoms with van der Waals surface area (Å²) in [6.45, 7) is 5.57. The first-order chi connectivity index (χ1) is 11.8. The molecule has 130 valence electrons. The Kier molecular flexibility index (Phi) is 4.99. The maximum Gasteiger partial charge on any atom is 0.264 e. The lowest BCUT2D eigenvalue weighted by Crippen LogP contribution is -2.15. The highest BCUT2D eigenvalue weighted by atomic mass is 79.9. The van der Waals surface area contributed by atoms with E-state index in [1.165, 1.54) is 11.3 Å². The first-order valence-corrected chi connectivity index (χ1v) is 10.7. The van der Waals surface area contributed by atoms with Gasteiger partial charge in [0.05, 0.1) is 10.6 Å². The molecule has 0 unspecified atom stereocenters. The number of hydrogen-bond acceptors (Lipinski definition) is 4. The molecule has 0 fully saturated rings. The van der Waals surface area contributed by atoms with Crippen LogP contribution in [0.1, 0.15) is 16.7 Å². The highest BCUT2D eigenvalue weighted by molar-refractivity contribution is 9.10. The summed E-state index contributed by atoms with van der Waals surface area (Å²) in [5.41, 5.74) is 4.19. The van der Waals surface area contributed by atoms with E-state index in [1.807, 2.05) is 62.5 Å². The van der Waals surface area contributed by atoms with Gasteiger partial charge in [0.25, 0.3) is 10.0 Å². The van der Waals surface area contributed by atoms with E-state index in [9.17, 15) is 8.42 Å². The highest BCUT2D eigenvalue weighted by Crippen LogP contribution is 2.29. The maximum absolute atomic E-state index is 12.8. The molecule has 3 aromatic rings. The lowest BCUT2D eigenvalue weighted by Gasteiger charge is -2.12. The number of hydrogen-bond donors (Lipinski definition) is 1. The average molecular weight is 437 g/mol. The Morgan fingerprint density at radius 1 is 1.04 bits per heavy atom. The second-order valence-electron chi connectivity index (χ2n) is 5.88. The Hall–Kier alpha value is -1.70. The molecule has 0 saturated heterocycles. The molecule has 0 atom stereocenters. The van der Waals surface area contributed by atoms with Crippen molar-refractivity contribution < 1.29 is 8.42 Å². The molecule has 7 heteroatoms. The number of nitrogens with zero attached hydrogens (tertiary/aromatic N) is 1. The van der Waals surface area contributed by atoms with E-state index < -0.39 is 10.0 Å². The number of thiazole rings is 1. The lowest BCUT2D eigenvalue weighted by atomic mass is 10.1. The minimum absolute atomic E-state index is 0.318. The number of sulfonamides is 1. The van der Waals surface area contributed by atoms with E-state index in [-0.39, 0.29) is 0 Å². The van der Waals surface area contributed by atoms with Gasteiger partial charge in [-0.3, -0.25) is 4.72 Å². The summed E-state index contributed by atoms with van der Waals surface area (Å²) in [6.07, 6.45) is 0. The molecule has 4 nitrogen and oxygen atoms in total. The summed E-state index contributed by atoms with van der Waals surface area (Å²) in [6, 6.07) is 11.5. The van der Waals surface area contributed by atoms with Gasteiger partial charge in [-0.25, -0.2) is 13.4 Å². The molecular formula is C18H17BrN2O2S2. The fourth-order valence-electron chi connectivity index (χ4n) is 2.83. The van der Waals surface area contributed by atoms with Crippen molar-refractivity contribution in [3.05, 3.63) is 62.9 Å². The number of benzene rings is 2. The van der Waals surface area contributed by atoms with Crippen molar-refractivity contribution in [3.63, 3.8) is 0 Å². The smallest absolute Gasteiger partial charge is 0.255 e. The van der Waals surface area contributed by atoms with Gasteiger partial charge in [-0.05, 0) is 44.0 Å². The average Bonchev–Trinajstić information content (AvgIpc) is 2.94. The number of nitrogens with one attached hydrogen (secondary N) is 1. The Bertz CT molecular complexity index is 1000. The first kappa shape index (κ1) is 18.1. The van der Waals surface area contributed by atoms with Crippen molar-refractivity contribution in [3.8, 4) is 11.3 Å². The van der Waals surface area contributed by atoms with Gasteiger partial charge in [-0.15, -0.1) is 11.3 Å². The Labute approximate surface area is 160 Å². The van der Waals surface area contributed by atoms with Gasteiger partial charge in [-0.1, -0.05) is 45.8 Å². The molecule has 0 spiro atoms. The Balaban J connectivity index is 1.91. The zero-order valence-electron chi connectivity index (χ0n) is 14.0. The van der Waals surface area contributed by atoms with Crippen LogP contribution in [0.15, 0.2) is 51.1 Å². The molecule has 25 heavy (non-hydrogen) atoms. The van der Waals surface area contributed by atoms with Crippen LogP contribution < -0.4 is 4.72 Å². The number of aromatic nitrogens is 1. The van der Waals surface area contributed by atoms with Crippen LogP contribution >= 0.6 is 27.3 Å². The van der Waals surface area contributed by atoms with Crippen molar-refractivity contribution >= 4 is 42.4 Å². The number of halogens is 1. The molecule has 0 bridgehead atoms. The Morgan fingerprint density at radius 2 is 1.64 bits per heavy atom. The molecule has 0 saturated carbocycles. The normalized spacial score (nSPS) is 11.5. The van der Waals surface area contributed by atoms with Crippen molar-refractivity contribution in [2.75, 3.05) is 4.72 Å². The largest absolute Gasteiger partial charge is 0.264 e. The van der Waals surface area contributed by atoms with Crippen LogP contribution in [0.5, 0.6) is 0 Å². The third-order valence-corrected chi connectivity index (χ3v) is 6.80. The van der Waals surface area contributed by atoms with Crippen molar-refractivity contribution in [1.29, 1.82) is 0 Å². The van der Waals surface area contributed by atoms with E-state index in [2.05, 4.69) is 25.6 Å². The predicted octanol–water partition coefficient (Wildman–Crippen LogP) is 5.30. The molecule has 2 aromatic carbocycles. The molecule has 0 aliphatic rings. The fraction of sp³-hybridized carbons (Fsp3) is 0.167. The Morgan fingerprint density at radius 3 is 2.24 bits per heavy atom. The number of rotatable bonds is 4. The van der Waals surface area contributed by atoms with Gasteiger partial charge in [0, 0.05) is 15.4 Å². The molecule has 1 heterocycles. The van der Waals surface area contributed by atoms with Crippen LogP contribution in [-0.2, 0) is 10.0 Å². The van der Waals surface area contributed by atoms with E-state index in [0.29, 0.717) is 10.0 Å². The van der Waals surface area contributed by atoms with Crippen LogP contribution in [0.2, 0.25) is 0 Å². The van der Waals surface area contributed by atoms with Crippen molar-refractivity contribution in [2.45, 2.75) is 25.7 Å². The van der Waals surface area contributed by atoms with E-state index in [0.717, 1.165) is 32.4 Å². The van der Waals surface area contributed by atoms with Gasteiger partial charge in [0.2, 0.25) is 0 Å². The van der Waals surface area contributed by atoms with E-state index >= 15 is 0 Å². The summed E-state index contributed by atoms with van der Waals surface area (Å²) < 4.78 is 29.2. The molecule has 0 aliphatic carbocycles. The summed E-state index contributed by atoms with van der Waals surface area (Å²) in [7, 11) is -3.68. The predicted molar refractivity (Wildman–Crippen MR) is 107 cm³/mol. The molecule has 1 N–H and O–H groups in total. The van der Waals surface area contributed by atoms with Gasteiger partial charge in [0.15, 0.2) is 5.13 Å². The summed E-state index contributed by atoms with van der Waals surface area (Å²) in [5, 5.41) is 2.20. The minimum Gasteiger partial charge on any atom is -0.255 e. The van der Waals surface area contributed by atoms with Crippen LogP contribution in [0.3, 0.4) is 0 Å². The zero-order chi connectivity index (χ0) is 18.2. The number of anilines is 1. The standard InChI is InChI=1S/C18H17BrN2O2S2/c1-11-8-12(2)17(13(3)9-11)25(22,23)21-18-20-16(10-24-18)14-4-6-15(19)7-5-14/h4-10H,1-3H3,(H,20,21). The van der Waals surface area contributed by atoms with Gasteiger partial charge in [-0.2, -0.15) is 0 Å². The zero-order valence-corrected chi connectivity index (χ0v) is 17.2. The van der Waals surface area contributed by atoms with Crippen LogP contribution in [0.25, 0.3) is 11.3 Å². The third kappa shape index (κ3) is 3.94. The molecule has 3 rings (SSSR count). The quantitative estimate of drug-likeness (QED) is 0.603. The monoisotopic (exact) mass is 436 g/mol. The van der Waals surface area contributed by atoms with E-state index in [4.69, 9.17) is 0 Å². The van der Waals surface area contributed by atoms with Crippen molar-refractivity contribution in [2.24, 2.45) is 0 Å². The first-order valence-electron chi connectivity index (χ1n) is 7.58. The third-order valence-electron chi connectivity index (χ3n) is 3.74. The number of aryl methyl sites for hydroxylation is 3. The van der Waals surface area contributed by atoms with Gasteiger partial charge < -0.3 is 0 Å². The SMILES string of the molecule is Cc1cc(C)c(S(=O)(=O)Nc2nc(-c3ccc(Br)cc3)cs2)c(C)c1. The van der Waals surface area contributed by atoms with Crippen LogP contribution in [-0.4, -0.2) is 13.4 Å². The second kappa shape index (κ2) is 6.90. The molecular weight excluding hydrogens is 420 g/mol. The fourth-order valence-corrected chi connectivity index (χ4v) is 5.52. The van der Waals surface area contributed by atoms with Gasteiger partial charge in [0.1, 0.15) is 0 Å². The van der Waals surface area contributed by atoms with Crippen LogP contribution in [0.4, 0.5) is 5.13 Å².